The highest BCUT2D eigenvalue weighted by atomic mass is 16.7. The molecule has 0 aromatic carbocycles. The van der Waals surface area contributed by atoms with Crippen LogP contribution in [0.1, 0.15) is 73.0 Å². The van der Waals surface area contributed by atoms with Gasteiger partial charge in [0.15, 0.2) is 37.1 Å². The Bertz CT molecular complexity index is 1860. The summed E-state index contributed by atoms with van der Waals surface area (Å²) in [7, 11) is 0. The zero-order chi connectivity index (χ0) is 45.7. The first kappa shape index (κ1) is 48.8. The number of nitrogens with zero attached hydrogens (tertiary/aromatic N) is 3. The summed E-state index contributed by atoms with van der Waals surface area (Å²) >= 11 is 0. The van der Waals surface area contributed by atoms with Crippen LogP contribution in [-0.2, 0) is 113 Å². The normalized spacial score (nSPS) is 27.8. The minimum Gasteiger partial charge on any atom is -0.463 e. The highest BCUT2D eigenvalue weighted by Gasteiger charge is 2.54. The fraction of sp³-hybridized carbons (Fsp3) is 0.632. The highest BCUT2D eigenvalue weighted by molar-refractivity contribution is 5.69. The largest absolute Gasteiger partial charge is 0.463 e. The smallest absolute Gasteiger partial charge is 0.303 e. The number of aromatic nitrogens is 3. The third-order valence-electron chi connectivity index (χ3n) is 8.62. The maximum absolute atomic E-state index is 12.6. The molecule has 0 spiro atoms. The van der Waals surface area contributed by atoms with Gasteiger partial charge in [-0.05, 0) is 24.3 Å². The molecule has 0 unspecified atom stereocenters. The van der Waals surface area contributed by atoms with E-state index in [2.05, 4.69) is 10.3 Å². The van der Waals surface area contributed by atoms with Crippen LogP contribution in [0.3, 0.4) is 0 Å². The number of esters is 8. The minimum atomic E-state index is -1.60. The standard InChI is InChI=1S/C38H49N3O21/c1-18(42)50-15-30-28(55-21(4)45)9-11-33(60-30)53-13-26-27(14-54-34-12-10-29(56-22(5)46)31(61-34)16-51-19(2)43)41(40-39-26)38-37(59-25(8)49)36(58-24(7)48)35(57-23(6)47)32(62-38)17-52-20(3)44/h9-12,28-38H,13-17H2,1-8H3/t28-,29-,30+,31+,32+,33-,34-,35+,36-,37+,38+/m0/s1. The lowest BCUT2D eigenvalue weighted by Gasteiger charge is -2.44. The Balaban J connectivity index is 1.75. The van der Waals surface area contributed by atoms with Crippen LogP contribution in [0.5, 0.6) is 0 Å². The van der Waals surface area contributed by atoms with E-state index in [-0.39, 0.29) is 31.2 Å². The van der Waals surface area contributed by atoms with Crippen LogP contribution in [-0.4, -0.2) is 144 Å². The molecule has 342 valence electrons. The number of hydrogen-bond donors (Lipinski definition) is 0. The molecule has 1 fully saturated rings. The van der Waals surface area contributed by atoms with Gasteiger partial charge in [-0.3, -0.25) is 38.4 Å². The van der Waals surface area contributed by atoms with Gasteiger partial charge in [0.2, 0.25) is 0 Å². The Morgan fingerprint density at radius 3 is 1.37 bits per heavy atom. The van der Waals surface area contributed by atoms with Gasteiger partial charge in [0.25, 0.3) is 0 Å². The predicted octanol–water partition coefficient (Wildman–Crippen LogP) is 0.119. The van der Waals surface area contributed by atoms with E-state index in [9.17, 15) is 38.4 Å². The molecule has 0 amide bonds. The lowest BCUT2D eigenvalue weighted by molar-refractivity contribution is -0.271. The molecule has 1 aromatic heterocycles. The van der Waals surface area contributed by atoms with Crippen molar-refractivity contribution in [3.8, 4) is 0 Å². The Labute approximate surface area is 354 Å². The third kappa shape index (κ3) is 14.7. The van der Waals surface area contributed by atoms with Gasteiger partial charge in [0.1, 0.15) is 56.0 Å². The maximum Gasteiger partial charge on any atom is 0.303 e. The van der Waals surface area contributed by atoms with Crippen molar-refractivity contribution in [3.05, 3.63) is 35.7 Å². The van der Waals surface area contributed by atoms with Crippen molar-refractivity contribution in [1.82, 2.24) is 15.0 Å². The molecular formula is C38H49N3O21. The van der Waals surface area contributed by atoms with E-state index in [1.54, 1.807) is 0 Å². The summed E-state index contributed by atoms with van der Waals surface area (Å²) in [6.45, 7) is 7.13. The van der Waals surface area contributed by atoms with Crippen molar-refractivity contribution in [3.63, 3.8) is 0 Å². The van der Waals surface area contributed by atoms with E-state index >= 15 is 0 Å². The zero-order valence-corrected chi connectivity index (χ0v) is 35.1. The summed E-state index contributed by atoms with van der Waals surface area (Å²) in [5.74, 6) is -5.79. The van der Waals surface area contributed by atoms with E-state index in [4.69, 9.17) is 61.6 Å². The minimum absolute atomic E-state index is 0.0579. The SMILES string of the molecule is CC(=O)OC[C@H]1O[C@@H](n2nnc(CO[C@@H]3C=C[C@H](OC(C)=O)[C@@H](COC(C)=O)O3)c2CO[C@@H]2C=C[C@H](OC(C)=O)[C@@H](COC(C)=O)O2)[C@H](OC(C)=O)[C@@H](OC(C)=O)[C@@H]1OC(C)=O. The molecule has 4 rings (SSSR count). The second kappa shape index (κ2) is 22.9. The van der Waals surface area contributed by atoms with Gasteiger partial charge in [-0.25, -0.2) is 4.68 Å². The second-order valence-electron chi connectivity index (χ2n) is 13.7. The van der Waals surface area contributed by atoms with Crippen LogP contribution in [0.25, 0.3) is 0 Å². The number of ether oxygens (including phenoxy) is 13. The van der Waals surface area contributed by atoms with Crippen LogP contribution < -0.4 is 0 Å². The summed E-state index contributed by atoms with van der Waals surface area (Å²) in [6.07, 6.45) is -7.88. The van der Waals surface area contributed by atoms with E-state index in [1.807, 2.05) is 0 Å². The predicted molar refractivity (Wildman–Crippen MR) is 197 cm³/mol. The molecule has 24 heteroatoms. The number of carbonyl (C=O) groups excluding carboxylic acids is 8. The summed E-state index contributed by atoms with van der Waals surface area (Å²) in [5, 5.41) is 8.52. The molecule has 0 N–H and O–H groups in total. The molecule has 0 radical (unpaired) electrons. The Morgan fingerprint density at radius 2 is 0.919 bits per heavy atom. The summed E-state index contributed by atoms with van der Waals surface area (Å²) in [4.78, 5) is 96.1. The van der Waals surface area contributed by atoms with E-state index < -0.39 is 129 Å². The molecule has 4 heterocycles. The highest BCUT2D eigenvalue weighted by Crippen LogP contribution is 2.36. The number of hydrogen-bond acceptors (Lipinski definition) is 23. The topological polar surface area (TPSA) is 287 Å². The Hall–Kier alpha value is -5.82. The fourth-order valence-electron chi connectivity index (χ4n) is 6.25. The average molecular weight is 884 g/mol. The molecule has 24 nitrogen and oxygen atoms in total. The summed E-state index contributed by atoms with van der Waals surface area (Å²) in [5.41, 5.74) is 0.123. The molecule has 62 heavy (non-hydrogen) atoms. The molecule has 0 bridgehead atoms. The van der Waals surface area contributed by atoms with Crippen molar-refractivity contribution in [2.24, 2.45) is 0 Å². The fourth-order valence-corrected chi connectivity index (χ4v) is 6.25. The molecule has 11 atom stereocenters. The van der Waals surface area contributed by atoms with Crippen LogP contribution in [0.4, 0.5) is 0 Å². The van der Waals surface area contributed by atoms with Gasteiger partial charge < -0.3 is 61.6 Å². The van der Waals surface area contributed by atoms with E-state index in [0.717, 1.165) is 32.4 Å². The second-order valence-corrected chi connectivity index (χ2v) is 13.7. The molecule has 1 saturated heterocycles. The first-order chi connectivity index (χ1) is 29.3. The molecular weight excluding hydrogens is 834 g/mol. The van der Waals surface area contributed by atoms with Gasteiger partial charge >= 0.3 is 47.8 Å². The van der Waals surface area contributed by atoms with Crippen LogP contribution in [0.2, 0.25) is 0 Å². The average Bonchev–Trinajstić information content (AvgIpc) is 3.57. The lowest BCUT2D eigenvalue weighted by Crippen LogP contribution is -2.60. The Kier molecular flexibility index (Phi) is 18.0. The quantitative estimate of drug-likeness (QED) is 0.107. The van der Waals surface area contributed by atoms with Crippen molar-refractivity contribution >= 4 is 47.8 Å². The first-order valence-electron chi connectivity index (χ1n) is 19.1. The summed E-state index contributed by atoms with van der Waals surface area (Å²) < 4.78 is 74.2. The van der Waals surface area contributed by atoms with Crippen molar-refractivity contribution in [2.75, 3.05) is 19.8 Å². The van der Waals surface area contributed by atoms with Crippen molar-refractivity contribution in [2.45, 2.75) is 136 Å². The van der Waals surface area contributed by atoms with Gasteiger partial charge in [0, 0.05) is 55.4 Å². The van der Waals surface area contributed by atoms with Gasteiger partial charge in [-0.15, -0.1) is 5.10 Å². The molecule has 0 aliphatic carbocycles. The van der Waals surface area contributed by atoms with Crippen LogP contribution >= 0.6 is 0 Å². The maximum atomic E-state index is 12.6. The Morgan fingerprint density at radius 1 is 0.500 bits per heavy atom. The van der Waals surface area contributed by atoms with Gasteiger partial charge in [0.05, 0.1) is 18.9 Å². The molecule has 1 aromatic rings. The summed E-state index contributed by atoms with van der Waals surface area (Å²) in [6, 6.07) is 0. The third-order valence-corrected chi connectivity index (χ3v) is 8.62. The lowest BCUT2D eigenvalue weighted by atomic mass is 9.97. The number of carbonyl (C=O) groups is 8. The first-order valence-corrected chi connectivity index (χ1v) is 19.1. The molecule has 3 aliphatic heterocycles. The monoisotopic (exact) mass is 883 g/mol. The van der Waals surface area contributed by atoms with Gasteiger partial charge in [-0.2, -0.15) is 0 Å². The number of rotatable bonds is 18. The van der Waals surface area contributed by atoms with E-state index in [1.165, 1.54) is 52.0 Å². The van der Waals surface area contributed by atoms with Crippen LogP contribution in [0, 0.1) is 0 Å². The molecule has 0 saturated carbocycles. The van der Waals surface area contributed by atoms with E-state index in [0.29, 0.717) is 0 Å². The zero-order valence-electron chi connectivity index (χ0n) is 35.1. The molecule has 3 aliphatic rings. The van der Waals surface area contributed by atoms with Gasteiger partial charge in [-0.1, -0.05) is 5.21 Å². The van der Waals surface area contributed by atoms with Crippen molar-refractivity contribution in [1.29, 1.82) is 0 Å². The van der Waals surface area contributed by atoms with Crippen LogP contribution in [0.15, 0.2) is 24.3 Å². The van der Waals surface area contributed by atoms with Crippen molar-refractivity contribution < 1.29 is 99.9 Å².